The Morgan fingerprint density at radius 1 is 1.43 bits per heavy atom. The lowest BCUT2D eigenvalue weighted by Crippen LogP contribution is -1.96. The van der Waals surface area contributed by atoms with Crippen LogP contribution in [0.5, 0.6) is 0 Å². The van der Waals surface area contributed by atoms with E-state index in [0.717, 1.165) is 11.9 Å². The molecule has 0 saturated carbocycles. The number of anilines is 1. The van der Waals surface area contributed by atoms with Crippen molar-refractivity contribution in [2.24, 2.45) is 5.92 Å². The van der Waals surface area contributed by atoms with Crippen LogP contribution in [0.15, 0.2) is 22.9 Å². The van der Waals surface area contributed by atoms with Gasteiger partial charge in [0.05, 0.1) is 5.69 Å². The molecule has 0 aliphatic carbocycles. The Bertz CT molecular complexity index is 445. The Morgan fingerprint density at radius 2 is 2.21 bits per heavy atom. The van der Waals surface area contributed by atoms with Gasteiger partial charge in [-0.2, -0.15) is 0 Å². The largest absolute Gasteiger partial charge is 0.441 e. The number of nitrogens with two attached hydrogens (primary N) is 1. The van der Waals surface area contributed by atoms with Gasteiger partial charge in [-0.15, -0.1) is 0 Å². The van der Waals surface area contributed by atoms with Crippen LogP contribution in [0.4, 0.5) is 5.69 Å². The summed E-state index contributed by atoms with van der Waals surface area (Å²) in [6.45, 7) is 4.37. The van der Waals surface area contributed by atoms with E-state index in [0.29, 0.717) is 17.2 Å². The molecule has 0 unspecified atom stereocenters. The van der Waals surface area contributed by atoms with E-state index in [1.54, 1.807) is 0 Å². The van der Waals surface area contributed by atoms with Crippen molar-refractivity contribution in [3.05, 3.63) is 24.1 Å². The van der Waals surface area contributed by atoms with Crippen molar-refractivity contribution in [2.75, 3.05) is 5.73 Å². The first-order chi connectivity index (χ1) is 6.66. The molecule has 0 spiro atoms. The Hall–Kier alpha value is -1.51. The fraction of sp³-hybridized carbons (Fsp3) is 0.364. The number of hydrogen-bond donors (Lipinski definition) is 1. The van der Waals surface area contributed by atoms with Crippen LogP contribution in [0.25, 0.3) is 11.1 Å². The van der Waals surface area contributed by atoms with Crippen molar-refractivity contribution in [3.8, 4) is 0 Å². The van der Waals surface area contributed by atoms with Crippen molar-refractivity contribution in [3.63, 3.8) is 0 Å². The molecule has 0 atom stereocenters. The molecule has 0 aliphatic rings. The summed E-state index contributed by atoms with van der Waals surface area (Å²) in [5.41, 5.74) is 9.28. The molecule has 1 aromatic carbocycles. The van der Waals surface area contributed by atoms with Crippen LogP contribution in [-0.4, -0.2) is 4.98 Å². The molecule has 74 valence electrons. The van der Waals surface area contributed by atoms with Crippen LogP contribution in [0.1, 0.15) is 19.4 Å². The van der Waals surface area contributed by atoms with Gasteiger partial charge in [-0.3, -0.25) is 0 Å². The Balaban J connectivity index is 2.47. The summed E-state index contributed by atoms with van der Waals surface area (Å²) in [4.78, 5) is 4.10. The lowest BCUT2D eigenvalue weighted by atomic mass is 10.0. The molecule has 0 fully saturated rings. The van der Waals surface area contributed by atoms with Gasteiger partial charge in [0.1, 0.15) is 5.52 Å². The average molecular weight is 190 g/mol. The second-order valence-electron chi connectivity index (χ2n) is 3.98. The van der Waals surface area contributed by atoms with Gasteiger partial charge < -0.3 is 10.2 Å². The summed E-state index contributed by atoms with van der Waals surface area (Å²) in [7, 11) is 0. The summed E-state index contributed by atoms with van der Waals surface area (Å²) in [5, 5.41) is 0. The number of hydrogen-bond acceptors (Lipinski definition) is 3. The SMILES string of the molecule is CC(C)Cc1cc(N)c2ocnc2c1. The second kappa shape index (κ2) is 3.33. The molecule has 2 N–H and O–H groups in total. The van der Waals surface area contributed by atoms with E-state index in [1.165, 1.54) is 12.0 Å². The number of oxazole rings is 1. The zero-order valence-electron chi connectivity index (χ0n) is 8.45. The summed E-state index contributed by atoms with van der Waals surface area (Å²) in [5.74, 6) is 0.624. The van der Waals surface area contributed by atoms with E-state index in [2.05, 4.69) is 18.8 Å². The fourth-order valence-corrected chi connectivity index (χ4v) is 1.65. The monoisotopic (exact) mass is 190 g/mol. The summed E-state index contributed by atoms with van der Waals surface area (Å²) in [6.07, 6.45) is 2.45. The predicted octanol–water partition coefficient (Wildman–Crippen LogP) is 2.61. The molecule has 2 aromatic rings. The van der Waals surface area contributed by atoms with Gasteiger partial charge in [-0.1, -0.05) is 13.8 Å². The highest BCUT2D eigenvalue weighted by Gasteiger charge is 2.06. The van der Waals surface area contributed by atoms with Crippen LogP contribution < -0.4 is 5.73 Å². The van der Waals surface area contributed by atoms with E-state index < -0.39 is 0 Å². The minimum Gasteiger partial charge on any atom is -0.441 e. The van der Waals surface area contributed by atoms with E-state index in [-0.39, 0.29) is 0 Å². The summed E-state index contributed by atoms with van der Waals surface area (Å²) < 4.78 is 5.17. The highest BCUT2D eigenvalue weighted by atomic mass is 16.3. The highest BCUT2D eigenvalue weighted by Crippen LogP contribution is 2.23. The number of aromatic nitrogens is 1. The molecule has 0 aliphatic heterocycles. The van der Waals surface area contributed by atoms with Gasteiger partial charge in [0.2, 0.25) is 0 Å². The standard InChI is InChI=1S/C11H14N2O/c1-7(2)3-8-4-9(12)11-10(5-8)13-6-14-11/h4-7H,3,12H2,1-2H3. The Kier molecular flexibility index (Phi) is 2.15. The van der Waals surface area contributed by atoms with Gasteiger partial charge >= 0.3 is 0 Å². The zero-order chi connectivity index (χ0) is 10.1. The Morgan fingerprint density at radius 3 is 2.93 bits per heavy atom. The first kappa shape index (κ1) is 9.06. The third kappa shape index (κ3) is 1.58. The van der Waals surface area contributed by atoms with E-state index in [1.807, 2.05) is 12.1 Å². The summed E-state index contributed by atoms with van der Waals surface area (Å²) in [6, 6.07) is 4.00. The molecule has 3 heteroatoms. The van der Waals surface area contributed by atoms with E-state index in [4.69, 9.17) is 10.2 Å². The maximum atomic E-state index is 5.84. The van der Waals surface area contributed by atoms with Gasteiger partial charge in [-0.25, -0.2) is 4.98 Å². The van der Waals surface area contributed by atoms with Crippen molar-refractivity contribution >= 4 is 16.8 Å². The molecular formula is C11H14N2O. The van der Waals surface area contributed by atoms with Crippen LogP contribution in [-0.2, 0) is 6.42 Å². The molecule has 0 amide bonds. The number of rotatable bonds is 2. The molecule has 14 heavy (non-hydrogen) atoms. The Labute approximate surface area is 82.9 Å². The minimum atomic E-state index is 0.624. The normalized spacial score (nSPS) is 11.4. The van der Waals surface area contributed by atoms with Crippen molar-refractivity contribution in [2.45, 2.75) is 20.3 Å². The van der Waals surface area contributed by atoms with Crippen LogP contribution in [0.2, 0.25) is 0 Å². The molecule has 2 rings (SSSR count). The zero-order valence-corrected chi connectivity index (χ0v) is 8.45. The first-order valence-corrected chi connectivity index (χ1v) is 4.78. The van der Waals surface area contributed by atoms with Crippen molar-refractivity contribution in [1.82, 2.24) is 4.98 Å². The van der Waals surface area contributed by atoms with Gasteiger partial charge in [0.15, 0.2) is 12.0 Å². The molecule has 0 saturated heterocycles. The average Bonchev–Trinajstić information content (AvgIpc) is 2.50. The third-order valence-electron chi connectivity index (χ3n) is 2.16. The van der Waals surface area contributed by atoms with Crippen LogP contribution in [0, 0.1) is 5.92 Å². The molecule has 0 radical (unpaired) electrons. The maximum absolute atomic E-state index is 5.84. The third-order valence-corrected chi connectivity index (χ3v) is 2.16. The highest BCUT2D eigenvalue weighted by molar-refractivity contribution is 5.85. The summed E-state index contributed by atoms with van der Waals surface area (Å²) >= 11 is 0. The van der Waals surface area contributed by atoms with Crippen LogP contribution in [0.3, 0.4) is 0 Å². The van der Waals surface area contributed by atoms with E-state index >= 15 is 0 Å². The van der Waals surface area contributed by atoms with Gasteiger partial charge in [0.25, 0.3) is 0 Å². The number of fused-ring (bicyclic) bond motifs is 1. The quantitative estimate of drug-likeness (QED) is 0.740. The topological polar surface area (TPSA) is 52.0 Å². The number of nitrogen functional groups attached to an aromatic ring is 1. The first-order valence-electron chi connectivity index (χ1n) is 4.78. The van der Waals surface area contributed by atoms with Crippen molar-refractivity contribution < 1.29 is 4.42 Å². The van der Waals surface area contributed by atoms with Gasteiger partial charge in [0, 0.05) is 0 Å². The molecule has 3 nitrogen and oxygen atoms in total. The molecule has 0 bridgehead atoms. The number of nitrogens with zero attached hydrogens (tertiary/aromatic N) is 1. The van der Waals surface area contributed by atoms with E-state index in [9.17, 15) is 0 Å². The smallest absolute Gasteiger partial charge is 0.182 e. The number of benzene rings is 1. The van der Waals surface area contributed by atoms with Crippen LogP contribution >= 0.6 is 0 Å². The lowest BCUT2D eigenvalue weighted by Gasteiger charge is -2.05. The second-order valence-corrected chi connectivity index (χ2v) is 3.98. The van der Waals surface area contributed by atoms with Gasteiger partial charge in [-0.05, 0) is 30.0 Å². The minimum absolute atomic E-state index is 0.624. The molecular weight excluding hydrogens is 176 g/mol. The molecule has 1 heterocycles. The predicted molar refractivity (Wildman–Crippen MR) is 57.0 cm³/mol. The molecule has 1 aromatic heterocycles. The maximum Gasteiger partial charge on any atom is 0.182 e. The fourth-order valence-electron chi connectivity index (χ4n) is 1.65. The van der Waals surface area contributed by atoms with Crippen molar-refractivity contribution in [1.29, 1.82) is 0 Å². The lowest BCUT2D eigenvalue weighted by molar-refractivity contribution is 0.603.